The Morgan fingerprint density at radius 1 is 0.900 bits per heavy atom. The molecule has 152 valence electrons. The first-order valence-corrected chi connectivity index (χ1v) is 10.5. The highest BCUT2D eigenvalue weighted by Gasteiger charge is 2.24. The van der Waals surface area contributed by atoms with Gasteiger partial charge >= 0.3 is 0 Å². The number of amides is 2. The molecule has 0 aromatic heterocycles. The van der Waals surface area contributed by atoms with Gasteiger partial charge in [-0.3, -0.25) is 9.59 Å². The standard InChI is InChI=1S/C24H20Cl2N2O2/c25-19-10-8-18(21(26)13-19)14-27-23(29)16-5-3-6-17(12-16)24(30)28-22-11-9-15-4-1-2-7-20(15)22/h1-8,10,12-13,22H,9,11,14H2,(H,27,29)(H,28,30). The van der Waals surface area contributed by atoms with Gasteiger partial charge in [0.15, 0.2) is 0 Å². The lowest BCUT2D eigenvalue weighted by Gasteiger charge is -2.14. The smallest absolute Gasteiger partial charge is 0.251 e. The molecule has 0 saturated heterocycles. The van der Waals surface area contributed by atoms with Crippen LogP contribution in [0.4, 0.5) is 0 Å². The zero-order valence-corrected chi connectivity index (χ0v) is 17.6. The molecule has 4 rings (SSSR count). The van der Waals surface area contributed by atoms with Crippen molar-refractivity contribution < 1.29 is 9.59 Å². The number of fused-ring (bicyclic) bond motifs is 1. The van der Waals surface area contributed by atoms with E-state index in [1.807, 2.05) is 12.1 Å². The summed E-state index contributed by atoms with van der Waals surface area (Å²) < 4.78 is 0. The minimum atomic E-state index is -0.276. The number of benzene rings is 3. The van der Waals surface area contributed by atoms with E-state index >= 15 is 0 Å². The van der Waals surface area contributed by atoms with Crippen molar-refractivity contribution in [3.63, 3.8) is 0 Å². The molecule has 3 aromatic carbocycles. The monoisotopic (exact) mass is 438 g/mol. The fourth-order valence-corrected chi connectivity index (χ4v) is 4.17. The van der Waals surface area contributed by atoms with Gasteiger partial charge in [-0.25, -0.2) is 0 Å². The molecule has 1 unspecified atom stereocenters. The molecular formula is C24H20Cl2N2O2. The SMILES string of the molecule is O=C(NCc1ccc(Cl)cc1Cl)c1cccc(C(=O)NC2CCc3ccccc32)c1. The quantitative estimate of drug-likeness (QED) is 0.564. The van der Waals surface area contributed by atoms with E-state index < -0.39 is 0 Å². The maximum absolute atomic E-state index is 12.8. The molecule has 3 aromatic rings. The number of rotatable bonds is 5. The second kappa shape index (κ2) is 8.90. The average molecular weight is 439 g/mol. The van der Waals surface area contributed by atoms with E-state index in [0.29, 0.717) is 21.2 Å². The number of hydrogen-bond donors (Lipinski definition) is 2. The summed E-state index contributed by atoms with van der Waals surface area (Å²) in [5, 5.41) is 6.95. The first-order valence-electron chi connectivity index (χ1n) is 9.72. The Morgan fingerprint density at radius 2 is 1.67 bits per heavy atom. The molecule has 1 aliphatic rings. The predicted molar refractivity (Wildman–Crippen MR) is 119 cm³/mol. The molecule has 0 fully saturated rings. The first-order chi connectivity index (χ1) is 14.5. The zero-order valence-electron chi connectivity index (χ0n) is 16.1. The van der Waals surface area contributed by atoms with Crippen LogP contribution in [0.3, 0.4) is 0 Å². The van der Waals surface area contributed by atoms with Gasteiger partial charge in [-0.15, -0.1) is 0 Å². The number of nitrogens with one attached hydrogen (secondary N) is 2. The molecule has 0 saturated carbocycles. The van der Waals surface area contributed by atoms with Gasteiger partial charge in [0.1, 0.15) is 0 Å². The summed E-state index contributed by atoms with van der Waals surface area (Å²) in [6.07, 6.45) is 1.84. The fraction of sp³-hybridized carbons (Fsp3) is 0.167. The summed E-state index contributed by atoms with van der Waals surface area (Å²) in [4.78, 5) is 25.3. The highest BCUT2D eigenvalue weighted by atomic mass is 35.5. The number of aryl methyl sites for hydroxylation is 1. The molecule has 30 heavy (non-hydrogen) atoms. The third-order valence-electron chi connectivity index (χ3n) is 5.28. The van der Waals surface area contributed by atoms with Crippen LogP contribution in [0.25, 0.3) is 0 Å². The first kappa shape index (κ1) is 20.5. The Kier molecular flexibility index (Phi) is 6.07. The molecule has 1 aliphatic carbocycles. The van der Waals surface area contributed by atoms with Crippen molar-refractivity contribution in [3.05, 3.63) is 105 Å². The molecule has 0 bridgehead atoms. The van der Waals surface area contributed by atoms with E-state index in [4.69, 9.17) is 23.2 Å². The number of carbonyl (C=O) groups is 2. The predicted octanol–water partition coefficient (Wildman–Crippen LogP) is 5.34. The van der Waals surface area contributed by atoms with Crippen LogP contribution in [-0.4, -0.2) is 11.8 Å². The number of hydrogen-bond acceptors (Lipinski definition) is 2. The van der Waals surface area contributed by atoms with Gasteiger partial charge in [0.05, 0.1) is 6.04 Å². The van der Waals surface area contributed by atoms with Gasteiger partial charge in [0.25, 0.3) is 11.8 Å². The second-order valence-corrected chi connectivity index (χ2v) is 8.11. The number of halogens is 2. The van der Waals surface area contributed by atoms with E-state index in [-0.39, 0.29) is 24.4 Å². The molecule has 1 atom stereocenters. The maximum Gasteiger partial charge on any atom is 0.251 e. The minimum absolute atomic E-state index is 0.00164. The summed E-state index contributed by atoms with van der Waals surface area (Å²) in [5.41, 5.74) is 4.08. The van der Waals surface area contributed by atoms with Crippen LogP contribution in [0.15, 0.2) is 66.7 Å². The van der Waals surface area contributed by atoms with E-state index in [9.17, 15) is 9.59 Å². The molecule has 2 N–H and O–H groups in total. The van der Waals surface area contributed by atoms with Crippen LogP contribution >= 0.6 is 23.2 Å². The van der Waals surface area contributed by atoms with E-state index in [2.05, 4.69) is 22.8 Å². The van der Waals surface area contributed by atoms with Crippen LogP contribution in [-0.2, 0) is 13.0 Å². The maximum atomic E-state index is 12.8. The second-order valence-electron chi connectivity index (χ2n) is 7.26. The number of carbonyl (C=O) groups excluding carboxylic acids is 2. The summed E-state index contributed by atoms with van der Waals surface area (Å²) in [6, 6.07) is 20.0. The van der Waals surface area contributed by atoms with Gasteiger partial charge in [-0.2, -0.15) is 0 Å². The summed E-state index contributed by atoms with van der Waals surface area (Å²) in [6.45, 7) is 0.268. The van der Waals surface area contributed by atoms with Gasteiger partial charge in [-0.1, -0.05) is 59.6 Å². The van der Waals surface area contributed by atoms with Crippen molar-refractivity contribution in [1.82, 2.24) is 10.6 Å². The van der Waals surface area contributed by atoms with Crippen LogP contribution in [0.5, 0.6) is 0 Å². The van der Waals surface area contributed by atoms with Crippen LogP contribution in [0.2, 0.25) is 10.0 Å². The average Bonchev–Trinajstić information content (AvgIpc) is 3.16. The van der Waals surface area contributed by atoms with Crippen molar-refractivity contribution in [2.75, 3.05) is 0 Å². The van der Waals surface area contributed by atoms with Crippen molar-refractivity contribution >= 4 is 35.0 Å². The molecule has 0 radical (unpaired) electrons. The lowest BCUT2D eigenvalue weighted by atomic mass is 10.1. The Balaban J connectivity index is 1.42. The van der Waals surface area contributed by atoms with Crippen LogP contribution in [0.1, 0.15) is 49.9 Å². The molecule has 0 aliphatic heterocycles. The van der Waals surface area contributed by atoms with Crippen molar-refractivity contribution in [2.45, 2.75) is 25.4 Å². The fourth-order valence-electron chi connectivity index (χ4n) is 3.69. The van der Waals surface area contributed by atoms with Crippen LogP contribution in [0, 0.1) is 0 Å². The summed E-state index contributed by atoms with van der Waals surface area (Å²) in [7, 11) is 0. The Hall–Kier alpha value is -2.82. The van der Waals surface area contributed by atoms with Gasteiger partial charge < -0.3 is 10.6 Å². The zero-order chi connectivity index (χ0) is 21.1. The topological polar surface area (TPSA) is 58.2 Å². The third-order valence-corrected chi connectivity index (χ3v) is 5.87. The normalized spacial score (nSPS) is 14.8. The van der Waals surface area contributed by atoms with Crippen molar-refractivity contribution in [3.8, 4) is 0 Å². The molecule has 2 amide bonds. The highest BCUT2D eigenvalue weighted by Crippen LogP contribution is 2.31. The minimum Gasteiger partial charge on any atom is -0.348 e. The van der Waals surface area contributed by atoms with Crippen LogP contribution < -0.4 is 10.6 Å². The molecular weight excluding hydrogens is 419 g/mol. The third kappa shape index (κ3) is 4.50. The lowest BCUT2D eigenvalue weighted by Crippen LogP contribution is -2.28. The van der Waals surface area contributed by atoms with Crippen molar-refractivity contribution in [1.29, 1.82) is 0 Å². The Bertz CT molecular complexity index is 1110. The Labute approximate surface area is 185 Å². The summed E-state index contributed by atoms with van der Waals surface area (Å²) >= 11 is 12.1. The van der Waals surface area contributed by atoms with E-state index in [0.717, 1.165) is 18.4 Å². The lowest BCUT2D eigenvalue weighted by molar-refractivity contribution is 0.0936. The molecule has 0 spiro atoms. The molecule has 4 nitrogen and oxygen atoms in total. The van der Waals surface area contributed by atoms with Gasteiger partial charge in [-0.05, 0) is 59.9 Å². The Morgan fingerprint density at radius 3 is 2.47 bits per heavy atom. The van der Waals surface area contributed by atoms with Gasteiger partial charge in [0, 0.05) is 27.7 Å². The molecule has 0 heterocycles. The van der Waals surface area contributed by atoms with E-state index in [1.165, 1.54) is 11.1 Å². The summed E-state index contributed by atoms with van der Waals surface area (Å²) in [5.74, 6) is -0.464. The van der Waals surface area contributed by atoms with E-state index in [1.54, 1.807) is 42.5 Å². The molecule has 6 heteroatoms. The highest BCUT2D eigenvalue weighted by molar-refractivity contribution is 6.35. The largest absolute Gasteiger partial charge is 0.348 e. The van der Waals surface area contributed by atoms with Gasteiger partial charge in [0.2, 0.25) is 0 Å². The van der Waals surface area contributed by atoms with Crippen molar-refractivity contribution in [2.24, 2.45) is 0 Å².